The van der Waals surface area contributed by atoms with Gasteiger partial charge in [0.05, 0.1) is 13.2 Å². The Morgan fingerprint density at radius 3 is 1.38 bits per heavy atom. The van der Waals surface area contributed by atoms with E-state index in [1.54, 1.807) is 0 Å². The highest BCUT2D eigenvalue weighted by atomic mass is 16.5. The van der Waals surface area contributed by atoms with Crippen molar-refractivity contribution in [3.8, 4) is 22.6 Å². The molecule has 2 aromatic rings. The van der Waals surface area contributed by atoms with Gasteiger partial charge in [0.25, 0.3) is 0 Å². The van der Waals surface area contributed by atoms with E-state index in [1.165, 1.54) is 117 Å². The van der Waals surface area contributed by atoms with E-state index in [-0.39, 0.29) is 0 Å². The average Bonchev–Trinajstić information content (AvgIpc) is 2.96. The van der Waals surface area contributed by atoms with E-state index in [0.717, 1.165) is 51.1 Å². The number of hydrogen-bond acceptors (Lipinski definition) is 2. The quantitative estimate of drug-likeness (QED) is 0.131. The first-order valence-corrected chi connectivity index (χ1v) is 16.7. The van der Waals surface area contributed by atoms with Crippen LogP contribution in [0.5, 0.6) is 11.5 Å². The van der Waals surface area contributed by atoms with Gasteiger partial charge in [0.15, 0.2) is 0 Å². The van der Waals surface area contributed by atoms with Crippen LogP contribution in [-0.4, -0.2) is 13.2 Å². The van der Waals surface area contributed by atoms with Crippen molar-refractivity contribution in [1.29, 1.82) is 0 Å². The third-order valence-corrected chi connectivity index (χ3v) is 7.86. The summed E-state index contributed by atoms with van der Waals surface area (Å²) in [6.45, 7) is 13.1. The molecule has 0 aliphatic heterocycles. The van der Waals surface area contributed by atoms with Gasteiger partial charge in [-0.2, -0.15) is 0 Å². The number of rotatable bonds is 23. The molecule has 0 spiro atoms. The van der Waals surface area contributed by atoms with Crippen LogP contribution in [0.25, 0.3) is 11.1 Å². The van der Waals surface area contributed by atoms with E-state index in [4.69, 9.17) is 9.47 Å². The first kappa shape index (κ1) is 33.2. The second-order valence-corrected chi connectivity index (χ2v) is 11.3. The van der Waals surface area contributed by atoms with Crippen LogP contribution in [0.15, 0.2) is 30.3 Å². The monoisotopic (exact) mass is 536 g/mol. The van der Waals surface area contributed by atoms with Crippen molar-refractivity contribution in [2.24, 2.45) is 0 Å². The van der Waals surface area contributed by atoms with Crippen LogP contribution in [-0.2, 0) is 19.3 Å². The van der Waals surface area contributed by atoms with Gasteiger partial charge >= 0.3 is 0 Å². The highest BCUT2D eigenvalue weighted by Gasteiger charge is 2.26. The Bertz CT molecular complexity index is 886. The lowest BCUT2D eigenvalue weighted by Crippen LogP contribution is -2.13. The maximum atomic E-state index is 6.87. The Labute approximate surface area is 242 Å². The summed E-state index contributed by atoms with van der Waals surface area (Å²) in [5.74, 6) is 2.32. The lowest BCUT2D eigenvalue weighted by Gasteiger charge is -2.27. The summed E-state index contributed by atoms with van der Waals surface area (Å²) >= 11 is 0. The van der Waals surface area contributed by atoms with Crippen LogP contribution in [0.3, 0.4) is 0 Å². The molecular formula is C37H60O2. The standard InChI is InChI=1S/C37H60O2/c1-6-11-17-26-32-33(27-18-12-7-2)36(38-29-22-14-9-4)34(28-19-13-8-3)37(39-30-23-15-10-5)35(32)31-24-20-16-21-25-31/h16,20-21,24-25H,6-15,17-19,22-23,26-30H2,1-5H3. The Morgan fingerprint density at radius 1 is 0.436 bits per heavy atom. The van der Waals surface area contributed by atoms with Gasteiger partial charge in [-0.15, -0.1) is 0 Å². The maximum absolute atomic E-state index is 6.87. The van der Waals surface area contributed by atoms with Gasteiger partial charge in [0, 0.05) is 11.1 Å². The molecule has 2 nitrogen and oxygen atoms in total. The van der Waals surface area contributed by atoms with Crippen molar-refractivity contribution < 1.29 is 9.47 Å². The molecule has 0 radical (unpaired) electrons. The molecule has 220 valence electrons. The van der Waals surface area contributed by atoms with E-state index in [0.29, 0.717) is 0 Å². The molecule has 0 bridgehead atoms. The molecule has 0 atom stereocenters. The van der Waals surface area contributed by atoms with E-state index in [9.17, 15) is 0 Å². The van der Waals surface area contributed by atoms with E-state index >= 15 is 0 Å². The Balaban J connectivity index is 2.80. The second kappa shape index (κ2) is 20.9. The zero-order valence-electron chi connectivity index (χ0n) is 26.3. The molecule has 0 unspecified atom stereocenters. The summed E-state index contributed by atoms with van der Waals surface area (Å²) in [6, 6.07) is 11.1. The van der Waals surface area contributed by atoms with Crippen LogP contribution in [0.1, 0.15) is 148 Å². The van der Waals surface area contributed by atoms with E-state index in [1.807, 2.05) is 0 Å². The molecule has 2 aromatic carbocycles. The average molecular weight is 537 g/mol. The molecule has 0 saturated carbocycles. The summed E-state index contributed by atoms with van der Waals surface area (Å²) in [5, 5.41) is 0. The number of benzene rings is 2. The van der Waals surface area contributed by atoms with Crippen LogP contribution in [0, 0.1) is 0 Å². The van der Waals surface area contributed by atoms with Crippen molar-refractivity contribution in [1.82, 2.24) is 0 Å². The SMILES string of the molecule is CCCCCOc1c(CCCCC)c(CCCCC)c(-c2ccccc2)c(OCCCCC)c1CCCCC. The molecule has 2 rings (SSSR count). The summed E-state index contributed by atoms with van der Waals surface area (Å²) in [7, 11) is 0. The normalized spacial score (nSPS) is 11.2. The van der Waals surface area contributed by atoms with Crippen molar-refractivity contribution in [3.05, 3.63) is 47.0 Å². The molecule has 0 N–H and O–H groups in total. The first-order valence-electron chi connectivity index (χ1n) is 16.7. The number of hydrogen-bond donors (Lipinski definition) is 0. The smallest absolute Gasteiger partial charge is 0.134 e. The van der Waals surface area contributed by atoms with Crippen molar-refractivity contribution in [2.45, 2.75) is 150 Å². The molecule has 39 heavy (non-hydrogen) atoms. The minimum Gasteiger partial charge on any atom is -0.493 e. The zero-order valence-corrected chi connectivity index (χ0v) is 26.3. The molecule has 0 aliphatic rings. The van der Waals surface area contributed by atoms with Gasteiger partial charge in [-0.05, 0) is 68.1 Å². The minimum atomic E-state index is 0.785. The van der Waals surface area contributed by atoms with Crippen LogP contribution >= 0.6 is 0 Å². The Kier molecular flexibility index (Phi) is 17.8. The zero-order chi connectivity index (χ0) is 28.1. The van der Waals surface area contributed by atoms with Crippen LogP contribution < -0.4 is 9.47 Å². The lowest BCUT2D eigenvalue weighted by molar-refractivity contribution is 0.283. The molecule has 0 heterocycles. The third-order valence-electron chi connectivity index (χ3n) is 7.86. The largest absolute Gasteiger partial charge is 0.493 e. The van der Waals surface area contributed by atoms with Gasteiger partial charge < -0.3 is 9.47 Å². The summed E-state index contributed by atoms with van der Waals surface area (Å²) < 4.78 is 13.7. The van der Waals surface area contributed by atoms with Gasteiger partial charge in [-0.1, -0.05) is 129 Å². The summed E-state index contributed by atoms with van der Waals surface area (Å²) in [4.78, 5) is 0. The topological polar surface area (TPSA) is 18.5 Å². The van der Waals surface area contributed by atoms with Crippen molar-refractivity contribution >= 4 is 0 Å². The predicted octanol–water partition coefficient (Wildman–Crippen LogP) is 11.7. The second-order valence-electron chi connectivity index (χ2n) is 11.3. The molecule has 0 aliphatic carbocycles. The first-order chi connectivity index (χ1) is 19.2. The molecular weight excluding hydrogens is 476 g/mol. The Hall–Kier alpha value is -1.96. The van der Waals surface area contributed by atoms with E-state index < -0.39 is 0 Å². The maximum Gasteiger partial charge on any atom is 0.134 e. The van der Waals surface area contributed by atoms with Crippen molar-refractivity contribution in [3.63, 3.8) is 0 Å². The lowest BCUT2D eigenvalue weighted by atomic mass is 9.84. The van der Waals surface area contributed by atoms with Gasteiger partial charge in [-0.3, -0.25) is 0 Å². The fraction of sp³-hybridized carbons (Fsp3) is 0.676. The fourth-order valence-corrected chi connectivity index (χ4v) is 5.58. The molecule has 0 fully saturated rings. The van der Waals surface area contributed by atoms with Crippen molar-refractivity contribution in [2.75, 3.05) is 13.2 Å². The molecule has 0 aromatic heterocycles. The van der Waals surface area contributed by atoms with Gasteiger partial charge in [0.1, 0.15) is 11.5 Å². The van der Waals surface area contributed by atoms with Gasteiger partial charge in [0.2, 0.25) is 0 Å². The van der Waals surface area contributed by atoms with Crippen LogP contribution in [0.2, 0.25) is 0 Å². The highest BCUT2D eigenvalue weighted by molar-refractivity contribution is 5.80. The van der Waals surface area contributed by atoms with Gasteiger partial charge in [-0.25, -0.2) is 0 Å². The minimum absolute atomic E-state index is 0.785. The molecule has 0 amide bonds. The summed E-state index contributed by atoms with van der Waals surface area (Å²) in [6.07, 6.45) is 21.5. The molecule has 0 saturated heterocycles. The number of unbranched alkanes of at least 4 members (excludes halogenated alkanes) is 10. The third kappa shape index (κ3) is 11.2. The van der Waals surface area contributed by atoms with E-state index in [2.05, 4.69) is 65.0 Å². The Morgan fingerprint density at radius 2 is 0.872 bits per heavy atom. The molecule has 2 heteroatoms. The predicted molar refractivity (Wildman–Crippen MR) is 172 cm³/mol. The van der Waals surface area contributed by atoms with Crippen LogP contribution in [0.4, 0.5) is 0 Å². The fourth-order valence-electron chi connectivity index (χ4n) is 5.58. The highest BCUT2D eigenvalue weighted by Crippen LogP contribution is 2.47. The number of ether oxygens (including phenoxy) is 2. The summed E-state index contributed by atoms with van der Waals surface area (Å²) in [5.41, 5.74) is 7.01.